The van der Waals surface area contributed by atoms with E-state index in [0.29, 0.717) is 0 Å². The van der Waals surface area contributed by atoms with Gasteiger partial charge >= 0.3 is 0 Å². The average molecular weight is 429 g/mol. The third-order valence-electron chi connectivity index (χ3n) is 4.81. The van der Waals surface area contributed by atoms with Crippen LogP contribution in [0.2, 0.25) is 0 Å². The van der Waals surface area contributed by atoms with E-state index in [1.54, 1.807) is 0 Å². The number of rotatable bonds is 0. The van der Waals surface area contributed by atoms with E-state index < -0.39 is 0 Å². The second-order valence-electron chi connectivity index (χ2n) is 6.11. The minimum Gasteiger partial charge on any atom is -0.304 e. The molecule has 0 bridgehead atoms. The third kappa shape index (κ3) is 1.81. The van der Waals surface area contributed by atoms with Crippen molar-refractivity contribution in [3.63, 3.8) is 0 Å². The topological polar surface area (TPSA) is 12.9 Å². The van der Waals surface area contributed by atoms with Crippen LogP contribution in [0.15, 0.2) is 36.5 Å². The summed E-state index contributed by atoms with van der Waals surface area (Å²) in [4.78, 5) is 4.59. The van der Waals surface area contributed by atoms with Gasteiger partial charge in [0.2, 0.25) is 0 Å². The molecule has 0 amide bonds. The summed E-state index contributed by atoms with van der Waals surface area (Å²) in [5.74, 6) is 0. The molecule has 1 heterocycles. The summed E-state index contributed by atoms with van der Waals surface area (Å²) in [7, 11) is 0. The van der Waals surface area contributed by atoms with E-state index in [9.17, 15) is 0 Å². The minimum atomic E-state index is 0. The normalized spacial score (nSPS) is 17.9. The predicted octanol–water partition coefficient (Wildman–Crippen LogP) is 4.12. The van der Waals surface area contributed by atoms with Crippen LogP contribution < -0.4 is 0 Å². The molecule has 1 aromatic carbocycles. The summed E-state index contributed by atoms with van der Waals surface area (Å²) in [5, 5.41) is 0. The molecule has 1 radical (unpaired) electrons. The van der Waals surface area contributed by atoms with E-state index in [1.807, 2.05) is 18.3 Å². The predicted molar refractivity (Wildman–Crippen MR) is 74.6 cm³/mol. The largest absolute Gasteiger partial charge is 0.304 e. The number of hydrogen-bond donors (Lipinski definition) is 0. The molecule has 0 saturated heterocycles. The van der Waals surface area contributed by atoms with Gasteiger partial charge in [-0.3, -0.25) is 0 Å². The molecule has 1 aromatic heterocycles. The number of fused-ring (bicyclic) bond motifs is 3. The van der Waals surface area contributed by atoms with Crippen LogP contribution in [0.4, 0.5) is 0 Å². The van der Waals surface area contributed by atoms with Gasteiger partial charge in [0.25, 0.3) is 0 Å². The Morgan fingerprint density at radius 2 is 1.58 bits per heavy atom. The molecule has 1 aliphatic rings. The van der Waals surface area contributed by atoms with Crippen molar-refractivity contribution in [1.29, 1.82) is 0 Å². The number of hydrogen-bond acceptors (Lipinski definition) is 1. The Morgan fingerprint density at radius 3 is 2.32 bits per heavy atom. The van der Waals surface area contributed by atoms with E-state index in [-0.39, 0.29) is 30.9 Å². The molecule has 0 atom stereocenters. The van der Waals surface area contributed by atoms with Crippen molar-refractivity contribution in [3.8, 4) is 11.3 Å². The van der Waals surface area contributed by atoms with Crippen molar-refractivity contribution in [2.24, 2.45) is 0 Å². The summed E-state index contributed by atoms with van der Waals surface area (Å²) in [6.07, 6.45) is 1.87. The number of pyridine rings is 1. The van der Waals surface area contributed by atoms with Crippen molar-refractivity contribution in [3.05, 3.63) is 53.7 Å². The molecule has 1 aliphatic carbocycles. The fourth-order valence-corrected chi connectivity index (χ4v) is 2.94. The summed E-state index contributed by atoms with van der Waals surface area (Å²) >= 11 is 0. The maximum absolute atomic E-state index is 4.59. The molecule has 3 rings (SSSR count). The molecular weight excluding hydrogens is 410 g/mol. The van der Waals surface area contributed by atoms with Gasteiger partial charge in [-0.05, 0) is 22.6 Å². The molecule has 0 aliphatic heterocycles. The molecule has 0 unspecified atom stereocenters. The van der Waals surface area contributed by atoms with E-state index in [1.165, 1.54) is 11.1 Å². The maximum atomic E-state index is 4.59. The van der Waals surface area contributed by atoms with Crippen LogP contribution in [0.3, 0.4) is 0 Å². The zero-order valence-electron chi connectivity index (χ0n) is 11.7. The van der Waals surface area contributed by atoms with Crippen LogP contribution in [0.25, 0.3) is 11.3 Å². The first-order valence-electron chi connectivity index (χ1n) is 6.43. The zero-order chi connectivity index (χ0) is 13.0. The summed E-state index contributed by atoms with van der Waals surface area (Å²) in [5.41, 5.74) is 5.08. The van der Waals surface area contributed by atoms with E-state index in [4.69, 9.17) is 0 Å². The van der Waals surface area contributed by atoms with Crippen molar-refractivity contribution < 1.29 is 20.1 Å². The van der Waals surface area contributed by atoms with Crippen LogP contribution in [0.1, 0.15) is 38.8 Å². The first-order valence-corrected chi connectivity index (χ1v) is 6.43. The minimum absolute atomic E-state index is 0. The van der Waals surface area contributed by atoms with Gasteiger partial charge in [0.1, 0.15) is 0 Å². The molecule has 19 heavy (non-hydrogen) atoms. The standard InChI is InChI=1S/C17H18N.Ir/c1-16(2)13-9-6-5-8-12(13)15-14(17(16,3)4)10-7-11-18-15;/h5-7,9-11H,1-4H3;/q-1;. The van der Waals surface area contributed by atoms with Crippen LogP contribution in [0.5, 0.6) is 0 Å². The van der Waals surface area contributed by atoms with Crippen LogP contribution in [0, 0.1) is 6.07 Å². The first-order chi connectivity index (χ1) is 8.46. The second-order valence-corrected chi connectivity index (χ2v) is 6.11. The van der Waals surface area contributed by atoms with Gasteiger partial charge in [-0.25, -0.2) is 0 Å². The monoisotopic (exact) mass is 429 g/mol. The molecule has 0 spiro atoms. The molecule has 101 valence electrons. The van der Waals surface area contributed by atoms with Crippen molar-refractivity contribution in [1.82, 2.24) is 4.98 Å². The summed E-state index contributed by atoms with van der Waals surface area (Å²) < 4.78 is 0. The fraction of sp³-hybridized carbons (Fsp3) is 0.353. The molecule has 0 N–H and O–H groups in total. The van der Waals surface area contributed by atoms with E-state index in [2.05, 4.69) is 56.9 Å². The van der Waals surface area contributed by atoms with E-state index >= 15 is 0 Å². The molecule has 0 saturated carbocycles. The number of aromatic nitrogens is 1. The second kappa shape index (κ2) is 4.54. The third-order valence-corrected chi connectivity index (χ3v) is 4.81. The van der Waals surface area contributed by atoms with Crippen LogP contribution in [-0.4, -0.2) is 4.98 Å². The summed E-state index contributed by atoms with van der Waals surface area (Å²) in [6, 6.07) is 13.9. The van der Waals surface area contributed by atoms with E-state index in [0.717, 1.165) is 11.3 Å². The Morgan fingerprint density at radius 1 is 0.947 bits per heavy atom. The average Bonchev–Trinajstić information content (AvgIpc) is 2.37. The Kier molecular flexibility index (Phi) is 3.45. The summed E-state index contributed by atoms with van der Waals surface area (Å²) in [6.45, 7) is 9.25. The van der Waals surface area contributed by atoms with Crippen molar-refractivity contribution in [2.75, 3.05) is 0 Å². The number of nitrogens with zero attached hydrogens (tertiary/aromatic N) is 1. The van der Waals surface area contributed by atoms with Gasteiger partial charge in [-0.15, -0.1) is 35.4 Å². The molecule has 2 heteroatoms. The quantitative estimate of drug-likeness (QED) is 0.576. The first kappa shape index (κ1) is 14.4. The SMILES string of the molecule is CC1(C)c2ccc[c-]c2-c2ncccc2C1(C)C.[Ir]. The van der Waals surface area contributed by atoms with Gasteiger partial charge in [0, 0.05) is 26.3 Å². The van der Waals surface area contributed by atoms with Crippen LogP contribution in [-0.2, 0) is 30.9 Å². The zero-order valence-corrected chi connectivity index (χ0v) is 14.1. The van der Waals surface area contributed by atoms with Crippen molar-refractivity contribution in [2.45, 2.75) is 38.5 Å². The van der Waals surface area contributed by atoms with Gasteiger partial charge in [0.05, 0.1) is 0 Å². The fourth-order valence-electron chi connectivity index (χ4n) is 2.94. The Hall–Kier alpha value is -0.981. The van der Waals surface area contributed by atoms with Crippen molar-refractivity contribution >= 4 is 0 Å². The Balaban J connectivity index is 0.00000133. The van der Waals surface area contributed by atoms with Gasteiger partial charge in [-0.1, -0.05) is 39.3 Å². The number of benzene rings is 1. The Bertz CT molecular complexity index is 559. The van der Waals surface area contributed by atoms with Gasteiger partial charge in [0.15, 0.2) is 0 Å². The maximum Gasteiger partial charge on any atom is 0.0161 e. The molecule has 2 aromatic rings. The van der Waals surface area contributed by atoms with Crippen LogP contribution >= 0.6 is 0 Å². The molecule has 0 fully saturated rings. The van der Waals surface area contributed by atoms with Gasteiger partial charge in [-0.2, -0.15) is 0 Å². The van der Waals surface area contributed by atoms with Gasteiger partial charge < -0.3 is 4.98 Å². The Labute approximate surface area is 128 Å². The molecular formula is C17H18IrN-. The smallest absolute Gasteiger partial charge is 0.0161 e. The molecule has 1 nitrogen and oxygen atoms in total.